The second-order valence-electron chi connectivity index (χ2n) is 6.79. The SMILES string of the molecule is CCC(Oc1ccc(-c2noc(-c3ccc(OC(C)C)c(C#N)c3)n2)cc1)C(=O)O. The van der Waals surface area contributed by atoms with Gasteiger partial charge in [-0.05, 0) is 62.7 Å². The molecular weight excluding hydrogens is 386 g/mol. The Bertz CT molecular complexity index is 1070. The second kappa shape index (κ2) is 9.09. The Morgan fingerprint density at radius 3 is 2.47 bits per heavy atom. The van der Waals surface area contributed by atoms with Gasteiger partial charge in [0, 0.05) is 11.1 Å². The molecule has 2 aromatic carbocycles. The van der Waals surface area contributed by atoms with Gasteiger partial charge in [-0.25, -0.2) is 4.79 Å². The average Bonchev–Trinajstić information content (AvgIpc) is 3.22. The lowest BCUT2D eigenvalue weighted by Gasteiger charge is -2.12. The van der Waals surface area contributed by atoms with Crippen molar-refractivity contribution >= 4 is 5.97 Å². The highest BCUT2D eigenvalue weighted by Crippen LogP contribution is 2.28. The van der Waals surface area contributed by atoms with Crippen LogP contribution in [0.3, 0.4) is 0 Å². The summed E-state index contributed by atoms with van der Waals surface area (Å²) in [6, 6.07) is 14.0. The molecule has 0 bridgehead atoms. The van der Waals surface area contributed by atoms with E-state index in [9.17, 15) is 10.1 Å². The Kier molecular flexibility index (Phi) is 6.32. The van der Waals surface area contributed by atoms with Gasteiger partial charge in [0.1, 0.15) is 17.6 Å². The van der Waals surface area contributed by atoms with Crippen LogP contribution in [-0.2, 0) is 4.79 Å². The maximum atomic E-state index is 11.1. The number of ether oxygens (including phenoxy) is 2. The summed E-state index contributed by atoms with van der Waals surface area (Å²) in [7, 11) is 0. The van der Waals surface area contributed by atoms with Gasteiger partial charge >= 0.3 is 5.97 Å². The molecule has 1 atom stereocenters. The summed E-state index contributed by atoms with van der Waals surface area (Å²) >= 11 is 0. The van der Waals surface area contributed by atoms with Crippen molar-refractivity contribution in [2.45, 2.75) is 39.4 Å². The monoisotopic (exact) mass is 407 g/mol. The minimum Gasteiger partial charge on any atom is -0.490 e. The molecule has 1 heterocycles. The summed E-state index contributed by atoms with van der Waals surface area (Å²) in [6.45, 7) is 5.52. The fraction of sp³-hybridized carbons (Fsp3) is 0.273. The molecule has 0 aliphatic heterocycles. The van der Waals surface area contributed by atoms with Crippen LogP contribution in [0.25, 0.3) is 22.8 Å². The maximum absolute atomic E-state index is 11.1. The summed E-state index contributed by atoms with van der Waals surface area (Å²) in [6.07, 6.45) is -0.589. The molecule has 3 aromatic rings. The maximum Gasteiger partial charge on any atom is 0.344 e. The number of aliphatic carboxylic acids is 1. The molecule has 1 aromatic heterocycles. The van der Waals surface area contributed by atoms with Crippen LogP contribution >= 0.6 is 0 Å². The molecule has 30 heavy (non-hydrogen) atoms. The van der Waals surface area contributed by atoms with Gasteiger partial charge in [-0.15, -0.1) is 0 Å². The molecule has 1 unspecified atom stereocenters. The van der Waals surface area contributed by atoms with Gasteiger partial charge in [-0.1, -0.05) is 12.1 Å². The first-order chi connectivity index (χ1) is 14.4. The van der Waals surface area contributed by atoms with E-state index in [0.717, 1.165) is 0 Å². The minimum absolute atomic E-state index is 0.0481. The first-order valence-electron chi connectivity index (χ1n) is 9.46. The first-order valence-corrected chi connectivity index (χ1v) is 9.46. The van der Waals surface area contributed by atoms with E-state index in [1.54, 1.807) is 49.4 Å². The summed E-state index contributed by atoms with van der Waals surface area (Å²) in [4.78, 5) is 15.5. The zero-order valence-electron chi connectivity index (χ0n) is 16.8. The number of nitriles is 1. The smallest absolute Gasteiger partial charge is 0.344 e. The van der Waals surface area contributed by atoms with E-state index in [-0.39, 0.29) is 12.0 Å². The van der Waals surface area contributed by atoms with Crippen LogP contribution < -0.4 is 9.47 Å². The van der Waals surface area contributed by atoms with Crippen molar-refractivity contribution in [3.05, 3.63) is 48.0 Å². The van der Waals surface area contributed by atoms with Gasteiger partial charge in [0.15, 0.2) is 6.10 Å². The predicted octanol–water partition coefficient (Wildman–Crippen LogP) is 4.30. The molecule has 1 N–H and O–H groups in total. The lowest BCUT2D eigenvalue weighted by atomic mass is 10.1. The number of carboxylic acids is 1. The lowest BCUT2D eigenvalue weighted by Crippen LogP contribution is -2.25. The van der Waals surface area contributed by atoms with Crippen molar-refractivity contribution in [1.82, 2.24) is 10.1 Å². The van der Waals surface area contributed by atoms with Gasteiger partial charge in [0.25, 0.3) is 5.89 Å². The van der Waals surface area contributed by atoms with E-state index in [1.165, 1.54) is 0 Å². The molecule has 0 amide bonds. The summed E-state index contributed by atoms with van der Waals surface area (Å²) in [5, 5.41) is 22.5. The van der Waals surface area contributed by atoms with E-state index in [1.807, 2.05) is 13.8 Å². The number of rotatable bonds is 8. The van der Waals surface area contributed by atoms with Gasteiger partial charge in [-0.3, -0.25) is 0 Å². The topological polar surface area (TPSA) is 118 Å². The molecule has 0 aliphatic rings. The second-order valence-corrected chi connectivity index (χ2v) is 6.79. The van der Waals surface area contributed by atoms with Crippen LogP contribution in [0.2, 0.25) is 0 Å². The minimum atomic E-state index is -1.01. The van der Waals surface area contributed by atoms with Crippen molar-refractivity contribution in [2.24, 2.45) is 0 Å². The Labute approximate surface area is 173 Å². The van der Waals surface area contributed by atoms with Crippen molar-refractivity contribution in [2.75, 3.05) is 0 Å². The van der Waals surface area contributed by atoms with Crippen molar-refractivity contribution in [3.63, 3.8) is 0 Å². The molecular formula is C22H21N3O5. The lowest BCUT2D eigenvalue weighted by molar-refractivity contribution is -0.145. The molecule has 3 rings (SSSR count). The quantitative estimate of drug-likeness (QED) is 0.587. The van der Waals surface area contributed by atoms with Gasteiger partial charge in [0.05, 0.1) is 11.7 Å². The van der Waals surface area contributed by atoms with Crippen LogP contribution in [-0.4, -0.2) is 33.4 Å². The largest absolute Gasteiger partial charge is 0.490 e. The summed E-state index contributed by atoms with van der Waals surface area (Å²) in [5.74, 6) is 0.568. The molecule has 0 saturated heterocycles. The highest BCUT2D eigenvalue weighted by atomic mass is 16.5. The fourth-order valence-corrected chi connectivity index (χ4v) is 2.72. The van der Waals surface area contributed by atoms with E-state index in [2.05, 4.69) is 16.2 Å². The van der Waals surface area contributed by atoms with E-state index < -0.39 is 12.1 Å². The zero-order valence-corrected chi connectivity index (χ0v) is 16.8. The van der Waals surface area contributed by atoms with Crippen molar-refractivity contribution < 1.29 is 23.9 Å². The molecule has 154 valence electrons. The predicted molar refractivity (Wildman–Crippen MR) is 108 cm³/mol. The number of hydrogen-bond donors (Lipinski definition) is 1. The van der Waals surface area contributed by atoms with E-state index in [4.69, 9.17) is 19.1 Å². The van der Waals surface area contributed by atoms with Crippen LogP contribution in [0.1, 0.15) is 32.8 Å². The molecule has 8 heteroatoms. The first kappa shape index (κ1) is 20.9. The Hall–Kier alpha value is -3.86. The molecule has 8 nitrogen and oxygen atoms in total. The third-order valence-corrected chi connectivity index (χ3v) is 4.17. The number of benzene rings is 2. The molecule has 0 radical (unpaired) electrons. The summed E-state index contributed by atoms with van der Waals surface area (Å²) < 4.78 is 16.4. The normalized spacial score (nSPS) is 11.7. The number of carboxylic acid groups (broad SMARTS) is 1. The van der Waals surface area contributed by atoms with Crippen LogP contribution in [0, 0.1) is 11.3 Å². The number of hydrogen-bond acceptors (Lipinski definition) is 7. The molecule has 0 saturated carbocycles. The summed E-state index contributed by atoms with van der Waals surface area (Å²) in [5.41, 5.74) is 1.67. The molecule has 0 fully saturated rings. The standard InChI is InChI=1S/C22H21N3O5/c1-4-18(22(26)27)29-17-8-5-14(6-9-17)20-24-21(30-25-20)15-7-10-19(28-13(2)3)16(11-15)12-23/h5-11,13,18H,4H2,1-3H3,(H,26,27). The Balaban J connectivity index is 1.79. The number of aromatic nitrogens is 2. The van der Waals surface area contributed by atoms with Gasteiger partial charge in [-0.2, -0.15) is 10.2 Å². The highest BCUT2D eigenvalue weighted by molar-refractivity contribution is 5.72. The van der Waals surface area contributed by atoms with Crippen molar-refractivity contribution in [1.29, 1.82) is 5.26 Å². The van der Waals surface area contributed by atoms with Crippen LogP contribution in [0.15, 0.2) is 47.0 Å². The van der Waals surface area contributed by atoms with Crippen LogP contribution in [0.4, 0.5) is 0 Å². The molecule has 0 spiro atoms. The van der Waals surface area contributed by atoms with Crippen LogP contribution in [0.5, 0.6) is 11.5 Å². The Morgan fingerprint density at radius 1 is 1.17 bits per heavy atom. The highest BCUT2D eigenvalue weighted by Gasteiger charge is 2.17. The average molecular weight is 407 g/mol. The van der Waals surface area contributed by atoms with Gasteiger partial charge in [0.2, 0.25) is 5.82 Å². The van der Waals surface area contributed by atoms with Gasteiger partial charge < -0.3 is 19.1 Å². The Morgan fingerprint density at radius 2 is 1.87 bits per heavy atom. The fourth-order valence-electron chi connectivity index (χ4n) is 2.72. The zero-order chi connectivity index (χ0) is 21.7. The van der Waals surface area contributed by atoms with Crippen molar-refractivity contribution in [3.8, 4) is 40.4 Å². The van der Waals surface area contributed by atoms with E-state index >= 15 is 0 Å². The number of nitrogens with zero attached hydrogens (tertiary/aromatic N) is 3. The third-order valence-electron chi connectivity index (χ3n) is 4.17. The third kappa shape index (κ3) is 4.75. The van der Waals surface area contributed by atoms with E-state index in [0.29, 0.717) is 40.4 Å². The number of carbonyl (C=O) groups is 1. The molecule has 0 aliphatic carbocycles.